The SMILES string of the molecule is Cc1cc(N)ccc1-c1cc(C(c2ccccc2)(c2ccc(-c3ccccc3)cc2)c2c(N)ccc(-c3ccc(N)cc3C)c2C)c(N)cc1C.Cc1cccc(N)c1-c1c(N)ccc(C(c2ccccc2)(c2ccc(-c3ccccc3)cc2)c2ccc(N)c(-c3c(C)cccc3N)c2C)c1C. The fourth-order valence-electron chi connectivity index (χ4n) is 16.1. The van der Waals surface area contributed by atoms with Gasteiger partial charge in [0.05, 0.1) is 10.8 Å². The fourth-order valence-corrected chi connectivity index (χ4v) is 16.1. The van der Waals surface area contributed by atoms with Crippen LogP contribution in [0.1, 0.15) is 89.0 Å². The lowest BCUT2D eigenvalue weighted by Gasteiger charge is -2.40. The molecule has 0 spiro atoms. The fraction of sp³-hybridized carbons (Fsp3) is 0.106. The largest absolute Gasteiger partial charge is 0.399 e. The second-order valence-corrected chi connectivity index (χ2v) is 27.2. The number of anilines is 8. The van der Waals surface area contributed by atoms with E-state index < -0.39 is 10.8 Å². The summed E-state index contributed by atoms with van der Waals surface area (Å²) in [4.78, 5) is 0. The Kier molecular flexibility index (Phi) is 18.7. The van der Waals surface area contributed by atoms with E-state index in [1.165, 1.54) is 0 Å². The Morgan fingerprint density at radius 3 is 0.990 bits per heavy atom. The summed E-state index contributed by atoms with van der Waals surface area (Å²) in [5.74, 6) is 0. The first-order chi connectivity index (χ1) is 49.2. The van der Waals surface area contributed by atoms with E-state index in [9.17, 15) is 0 Å². The highest BCUT2D eigenvalue weighted by atomic mass is 14.6. The van der Waals surface area contributed by atoms with Crippen LogP contribution in [0.3, 0.4) is 0 Å². The van der Waals surface area contributed by atoms with Crippen molar-refractivity contribution < 1.29 is 0 Å². The first-order valence-corrected chi connectivity index (χ1v) is 34.7. The normalized spacial score (nSPS) is 11.9. The summed E-state index contributed by atoms with van der Waals surface area (Å²) < 4.78 is 0. The number of nitrogen functional groups attached to an aromatic ring is 8. The van der Waals surface area contributed by atoms with Crippen molar-refractivity contribution in [2.45, 2.75) is 66.2 Å². The Morgan fingerprint density at radius 2 is 0.559 bits per heavy atom. The van der Waals surface area contributed by atoms with Crippen LogP contribution in [0.4, 0.5) is 45.5 Å². The summed E-state index contributed by atoms with van der Waals surface area (Å²) >= 11 is 0. The maximum Gasteiger partial charge on any atom is 0.0744 e. The molecule has 0 bridgehead atoms. The van der Waals surface area contributed by atoms with Crippen LogP contribution in [0.25, 0.3) is 66.8 Å². The molecule has 16 N–H and O–H groups in total. The van der Waals surface area contributed by atoms with Crippen molar-refractivity contribution in [3.63, 3.8) is 0 Å². The molecule has 0 saturated carbocycles. The zero-order valence-corrected chi connectivity index (χ0v) is 59.3. The molecule has 504 valence electrons. The molecule has 1 atom stereocenters. The minimum atomic E-state index is -0.906. The summed E-state index contributed by atoms with van der Waals surface area (Å²) in [5.41, 5.74) is 88.0. The van der Waals surface area contributed by atoms with Gasteiger partial charge in [-0.3, -0.25) is 0 Å². The van der Waals surface area contributed by atoms with Crippen LogP contribution in [0, 0.1) is 55.4 Å². The molecule has 0 aliphatic heterocycles. The Balaban J connectivity index is 0.000000182. The lowest BCUT2D eigenvalue weighted by atomic mass is 9.61. The molecule has 0 heterocycles. The lowest BCUT2D eigenvalue weighted by molar-refractivity contribution is 0.733. The molecule has 0 aliphatic rings. The van der Waals surface area contributed by atoms with E-state index in [0.717, 1.165) is 167 Å². The summed E-state index contributed by atoms with van der Waals surface area (Å²) in [6, 6.07) is 101. The lowest BCUT2D eigenvalue weighted by Crippen LogP contribution is -2.34. The molecule has 1 unspecified atom stereocenters. The van der Waals surface area contributed by atoms with E-state index in [-0.39, 0.29) is 0 Å². The molecule has 0 aromatic heterocycles. The smallest absolute Gasteiger partial charge is 0.0744 e. The highest BCUT2D eigenvalue weighted by Crippen LogP contribution is 2.56. The van der Waals surface area contributed by atoms with Crippen molar-refractivity contribution in [1.29, 1.82) is 0 Å². The van der Waals surface area contributed by atoms with Crippen LogP contribution in [0.2, 0.25) is 0 Å². The molecule has 0 saturated heterocycles. The van der Waals surface area contributed by atoms with Gasteiger partial charge in [-0.15, -0.1) is 0 Å². The Bertz CT molecular complexity index is 5290. The van der Waals surface area contributed by atoms with Crippen molar-refractivity contribution in [1.82, 2.24) is 0 Å². The molecule has 14 rings (SSSR count). The van der Waals surface area contributed by atoms with Crippen LogP contribution in [0.5, 0.6) is 0 Å². The maximum atomic E-state index is 7.26. The summed E-state index contributed by atoms with van der Waals surface area (Å²) in [6.45, 7) is 17.0. The van der Waals surface area contributed by atoms with Crippen LogP contribution in [-0.4, -0.2) is 0 Å². The number of hydrogen-bond acceptors (Lipinski definition) is 8. The Hall–Kier alpha value is -12.5. The molecule has 8 nitrogen and oxygen atoms in total. The Labute approximate surface area is 601 Å². The van der Waals surface area contributed by atoms with Crippen molar-refractivity contribution in [2.75, 3.05) is 45.9 Å². The van der Waals surface area contributed by atoms with Crippen LogP contribution < -0.4 is 45.9 Å². The van der Waals surface area contributed by atoms with Gasteiger partial charge >= 0.3 is 0 Å². The number of rotatable bonds is 14. The predicted molar refractivity (Wildman–Crippen MR) is 435 cm³/mol. The van der Waals surface area contributed by atoms with Crippen LogP contribution in [0.15, 0.2) is 291 Å². The minimum Gasteiger partial charge on any atom is -0.399 e. The molecule has 102 heavy (non-hydrogen) atoms. The second-order valence-electron chi connectivity index (χ2n) is 27.2. The molecule has 14 aromatic rings. The van der Waals surface area contributed by atoms with E-state index in [1.807, 2.05) is 78.9 Å². The second kappa shape index (κ2) is 28.0. The van der Waals surface area contributed by atoms with E-state index in [4.69, 9.17) is 45.9 Å². The van der Waals surface area contributed by atoms with Crippen molar-refractivity contribution >= 4 is 45.5 Å². The summed E-state index contributed by atoms with van der Waals surface area (Å²) in [7, 11) is 0. The molecule has 8 heteroatoms. The van der Waals surface area contributed by atoms with E-state index >= 15 is 0 Å². The van der Waals surface area contributed by atoms with Gasteiger partial charge in [-0.05, 0) is 256 Å². The average Bonchev–Trinajstić information content (AvgIpc) is 0.715. The van der Waals surface area contributed by atoms with E-state index in [1.54, 1.807) is 0 Å². The first-order valence-electron chi connectivity index (χ1n) is 34.7. The highest BCUT2D eigenvalue weighted by molar-refractivity contribution is 5.93. The molecule has 0 amide bonds. The monoisotopic (exact) mass is 1330 g/mol. The first kappa shape index (κ1) is 68.0. The molecule has 0 fully saturated rings. The quantitative estimate of drug-likeness (QED) is 0.0387. The Morgan fingerprint density at radius 1 is 0.206 bits per heavy atom. The molecule has 14 aromatic carbocycles. The van der Waals surface area contributed by atoms with E-state index in [2.05, 4.69) is 268 Å². The summed E-state index contributed by atoms with van der Waals surface area (Å²) in [6.07, 6.45) is 0. The van der Waals surface area contributed by atoms with Crippen molar-refractivity contribution in [3.8, 4) is 66.8 Å². The third kappa shape index (κ3) is 12.1. The van der Waals surface area contributed by atoms with Gasteiger partial charge in [-0.2, -0.15) is 0 Å². The van der Waals surface area contributed by atoms with Gasteiger partial charge in [-0.25, -0.2) is 0 Å². The van der Waals surface area contributed by atoms with Crippen molar-refractivity contribution in [3.05, 3.63) is 380 Å². The molecule has 0 aliphatic carbocycles. The van der Waals surface area contributed by atoms with Gasteiger partial charge in [0.15, 0.2) is 0 Å². The molecule has 0 radical (unpaired) electrons. The molecular formula is C94H88N8. The topological polar surface area (TPSA) is 208 Å². The summed E-state index contributed by atoms with van der Waals surface area (Å²) in [5, 5.41) is 0. The van der Waals surface area contributed by atoms with Gasteiger partial charge in [0.25, 0.3) is 0 Å². The third-order valence-corrected chi connectivity index (χ3v) is 20.9. The molecular weight excluding hydrogens is 1240 g/mol. The highest BCUT2D eigenvalue weighted by Gasteiger charge is 2.45. The van der Waals surface area contributed by atoms with Gasteiger partial charge in [0.2, 0.25) is 0 Å². The van der Waals surface area contributed by atoms with Crippen LogP contribution in [-0.2, 0) is 10.8 Å². The number of hydrogen-bond donors (Lipinski definition) is 8. The standard InChI is InChI=1S/2C47H44N4/c1-29-13-11-19-39(48)43(29)45-31(3)37(25-27-41(45)50)47(35-17-9-6-10-18-35,36-23-21-34(22-24-36)33-15-7-5-8-16-33)38-26-28-42(51)46(32(38)4)44-30(2)14-12-20-40(44)49;1-29-25-37(48)19-21-39(29)41-23-24-44(50)46(32(41)4)47(35-13-9-6-10-14-35,36-17-15-34(16-18-36)33-11-7-5-8-12-33)43-28-42(31(3)27-45(43)51)40-22-20-38(49)26-30(40)2/h2*5-28H,48-51H2,1-4H3. The van der Waals surface area contributed by atoms with Gasteiger partial charge in [-0.1, -0.05) is 224 Å². The third-order valence-electron chi connectivity index (χ3n) is 20.9. The maximum absolute atomic E-state index is 7.26. The van der Waals surface area contributed by atoms with E-state index in [0.29, 0.717) is 34.1 Å². The number of benzene rings is 14. The number of aryl methyl sites for hydroxylation is 5. The average molecular weight is 1330 g/mol. The predicted octanol–water partition coefficient (Wildman–Crippen LogP) is 21.3. The van der Waals surface area contributed by atoms with Gasteiger partial charge in [0, 0.05) is 67.8 Å². The minimum absolute atomic E-state index is 0.682. The van der Waals surface area contributed by atoms with Gasteiger partial charge < -0.3 is 45.9 Å². The zero-order valence-electron chi connectivity index (χ0n) is 59.3. The van der Waals surface area contributed by atoms with Crippen molar-refractivity contribution in [2.24, 2.45) is 0 Å². The van der Waals surface area contributed by atoms with Gasteiger partial charge in [0.1, 0.15) is 0 Å². The van der Waals surface area contributed by atoms with Crippen LogP contribution >= 0.6 is 0 Å². The zero-order chi connectivity index (χ0) is 71.7. The number of nitrogens with two attached hydrogens (primary N) is 8.